The van der Waals surface area contributed by atoms with E-state index in [0.29, 0.717) is 16.9 Å². The number of rotatable bonds is 7. The summed E-state index contributed by atoms with van der Waals surface area (Å²) in [5.74, 6) is -0.779. The topological polar surface area (TPSA) is 95.3 Å². The van der Waals surface area contributed by atoms with Gasteiger partial charge in [0.15, 0.2) is 0 Å². The number of aromatic nitrogens is 1. The van der Waals surface area contributed by atoms with Gasteiger partial charge in [-0.25, -0.2) is 8.42 Å². The second-order valence-corrected chi connectivity index (χ2v) is 10.9. The van der Waals surface area contributed by atoms with Crippen molar-refractivity contribution in [3.8, 4) is 11.8 Å². The first-order valence-corrected chi connectivity index (χ1v) is 12.8. The van der Waals surface area contributed by atoms with E-state index in [9.17, 15) is 35.6 Å². The summed E-state index contributed by atoms with van der Waals surface area (Å²) in [4.78, 5) is 5.75. The summed E-state index contributed by atoms with van der Waals surface area (Å²) in [6.07, 6.45) is -1.83. The lowest BCUT2D eigenvalue weighted by molar-refractivity contribution is -0.160. The smallest absolute Gasteiger partial charge is 0.407 e. The first-order chi connectivity index (χ1) is 17.0. The molecule has 2 aliphatic carbocycles. The minimum Gasteiger partial charge on any atom is -0.435 e. The molecule has 1 aromatic heterocycles. The lowest BCUT2D eigenvalue weighted by Crippen LogP contribution is -2.47. The average Bonchev–Trinajstić information content (AvgIpc) is 3.48. The number of anilines is 1. The van der Waals surface area contributed by atoms with Crippen LogP contribution in [0.25, 0.3) is 0 Å². The molecule has 0 saturated heterocycles. The number of nitrogens with zero attached hydrogens (tertiary/aromatic N) is 3. The Labute approximate surface area is 203 Å². The Balaban J connectivity index is 1.47. The minimum atomic E-state index is -4.71. The molecule has 0 amide bonds. The van der Waals surface area contributed by atoms with E-state index in [2.05, 4.69) is 15.8 Å². The number of benzene rings is 1. The summed E-state index contributed by atoms with van der Waals surface area (Å²) < 4.78 is 96.9. The molecule has 3 aliphatic rings. The van der Waals surface area contributed by atoms with Crippen molar-refractivity contribution in [2.24, 2.45) is 0 Å². The zero-order valence-electron chi connectivity index (χ0n) is 18.7. The van der Waals surface area contributed by atoms with Gasteiger partial charge < -0.3 is 9.64 Å². The average molecular weight is 529 g/mol. The van der Waals surface area contributed by atoms with Crippen LogP contribution in [0.1, 0.15) is 55.3 Å². The summed E-state index contributed by atoms with van der Waals surface area (Å²) in [6, 6.07) is 8.54. The van der Waals surface area contributed by atoms with Gasteiger partial charge in [0, 0.05) is 24.0 Å². The minimum absolute atomic E-state index is 0.0160. The van der Waals surface area contributed by atoms with Crippen molar-refractivity contribution >= 4 is 15.7 Å². The number of nitrogens with one attached hydrogen (secondary N) is 1. The Kier molecular flexibility index (Phi) is 5.87. The van der Waals surface area contributed by atoms with Gasteiger partial charge in [0.1, 0.15) is 16.2 Å². The van der Waals surface area contributed by atoms with Crippen LogP contribution >= 0.6 is 0 Å². The third kappa shape index (κ3) is 4.16. The third-order valence-electron chi connectivity index (χ3n) is 7.06. The molecule has 2 aromatic rings. The molecule has 2 heterocycles. The highest BCUT2D eigenvalue weighted by atomic mass is 32.2. The number of sulfonamides is 1. The van der Waals surface area contributed by atoms with Crippen LogP contribution in [0.15, 0.2) is 41.4 Å². The van der Waals surface area contributed by atoms with E-state index in [1.807, 2.05) is 4.90 Å². The van der Waals surface area contributed by atoms with Gasteiger partial charge >= 0.3 is 12.8 Å². The van der Waals surface area contributed by atoms with Gasteiger partial charge in [-0.1, -0.05) is 6.07 Å². The number of fused-ring (bicyclic) bond motifs is 1. The molecule has 1 aromatic carbocycles. The molecule has 7 nitrogen and oxygen atoms in total. The fraction of sp³-hybridized carbons (Fsp3) is 0.478. The van der Waals surface area contributed by atoms with E-state index in [1.165, 1.54) is 24.3 Å². The zero-order valence-corrected chi connectivity index (χ0v) is 19.5. The van der Waals surface area contributed by atoms with Crippen LogP contribution in [0.2, 0.25) is 0 Å². The van der Waals surface area contributed by atoms with Gasteiger partial charge in [0.05, 0.1) is 23.7 Å². The molecule has 2 atom stereocenters. The molecular formula is C23H21F5N4O3S. The van der Waals surface area contributed by atoms with Crippen molar-refractivity contribution in [2.75, 3.05) is 4.90 Å². The van der Waals surface area contributed by atoms with Crippen LogP contribution in [0, 0.1) is 11.3 Å². The lowest BCUT2D eigenvalue weighted by atomic mass is 9.88. The van der Waals surface area contributed by atoms with Crippen LogP contribution in [0.4, 0.5) is 27.6 Å². The molecule has 0 bridgehead atoms. The molecule has 0 spiro atoms. The van der Waals surface area contributed by atoms with Crippen molar-refractivity contribution in [1.82, 2.24) is 9.71 Å². The van der Waals surface area contributed by atoms with Crippen molar-refractivity contribution in [3.05, 3.63) is 47.8 Å². The fourth-order valence-corrected chi connectivity index (χ4v) is 6.21. The van der Waals surface area contributed by atoms with Crippen molar-refractivity contribution in [1.29, 1.82) is 5.26 Å². The van der Waals surface area contributed by atoms with Gasteiger partial charge in [-0.3, -0.25) is 4.98 Å². The molecule has 13 heteroatoms. The van der Waals surface area contributed by atoms with E-state index in [1.54, 1.807) is 10.8 Å². The number of hydrogen-bond acceptors (Lipinski definition) is 6. The molecule has 192 valence electrons. The SMILES string of the molecule is N#CC1c2ccc(OC(F)F)cc2N(C2CCC2)C1c1ccc(S(=O)(=O)NC2(C(F)(F)F)CC2)cn1. The number of nitriles is 1. The Morgan fingerprint density at radius 1 is 1.19 bits per heavy atom. The zero-order chi connectivity index (χ0) is 25.9. The van der Waals surface area contributed by atoms with Gasteiger partial charge in [-0.2, -0.15) is 31.9 Å². The number of hydrogen-bond donors (Lipinski definition) is 1. The summed E-state index contributed by atoms with van der Waals surface area (Å²) in [5, 5.41) is 9.98. The highest BCUT2D eigenvalue weighted by Gasteiger charge is 2.65. The molecule has 2 fully saturated rings. The Morgan fingerprint density at radius 2 is 1.92 bits per heavy atom. The standard InChI is InChI=1S/C23H21F5N4O3S/c24-21(25)35-14-4-6-16-17(11-29)20(32(19(16)10-14)13-2-1-3-13)18-7-5-15(12-30-18)36(33,34)31-22(8-9-22)23(26,27)28/h4-7,10,12-13,17,20-21,31H,1-3,8-9H2. The Morgan fingerprint density at radius 3 is 2.42 bits per heavy atom. The van der Waals surface area contributed by atoms with Gasteiger partial charge in [-0.05, 0) is 55.9 Å². The largest absolute Gasteiger partial charge is 0.435 e. The van der Waals surface area contributed by atoms with Crippen LogP contribution in [-0.2, 0) is 10.0 Å². The predicted molar refractivity (Wildman–Crippen MR) is 117 cm³/mol. The Hall–Kier alpha value is -2.98. The summed E-state index contributed by atoms with van der Waals surface area (Å²) in [6.45, 7) is -3.01. The molecule has 36 heavy (non-hydrogen) atoms. The molecule has 1 aliphatic heterocycles. The summed E-state index contributed by atoms with van der Waals surface area (Å²) >= 11 is 0. The first kappa shape index (κ1) is 24.7. The molecular weight excluding hydrogens is 507 g/mol. The molecule has 2 saturated carbocycles. The van der Waals surface area contributed by atoms with Gasteiger partial charge in [0.2, 0.25) is 10.0 Å². The maximum Gasteiger partial charge on any atom is 0.407 e. The number of ether oxygens (including phenoxy) is 1. The van der Waals surface area contributed by atoms with E-state index in [0.717, 1.165) is 25.5 Å². The van der Waals surface area contributed by atoms with Crippen molar-refractivity contribution in [2.45, 2.75) is 73.3 Å². The first-order valence-electron chi connectivity index (χ1n) is 11.3. The lowest BCUT2D eigenvalue weighted by Gasteiger charge is -2.41. The highest BCUT2D eigenvalue weighted by molar-refractivity contribution is 7.89. The van der Waals surface area contributed by atoms with Crippen LogP contribution in [-0.4, -0.2) is 37.8 Å². The van der Waals surface area contributed by atoms with Crippen LogP contribution in [0.5, 0.6) is 5.75 Å². The second kappa shape index (κ2) is 8.55. The van der Waals surface area contributed by atoms with Crippen molar-refractivity contribution in [3.63, 3.8) is 0 Å². The molecule has 1 N–H and O–H groups in total. The van der Waals surface area contributed by atoms with Gasteiger partial charge in [0.25, 0.3) is 0 Å². The van der Waals surface area contributed by atoms with Gasteiger partial charge in [-0.15, -0.1) is 0 Å². The monoisotopic (exact) mass is 528 g/mol. The van der Waals surface area contributed by atoms with Crippen molar-refractivity contribution < 1.29 is 35.1 Å². The quantitative estimate of drug-likeness (QED) is 0.520. The number of alkyl halides is 5. The van der Waals surface area contributed by atoms with E-state index in [-0.39, 0.29) is 24.6 Å². The summed E-state index contributed by atoms with van der Waals surface area (Å²) in [7, 11) is -4.49. The van der Waals surface area contributed by atoms with E-state index >= 15 is 0 Å². The molecule has 0 radical (unpaired) electrons. The Bertz CT molecular complexity index is 1300. The predicted octanol–water partition coefficient (Wildman–Crippen LogP) is 4.78. The van der Waals surface area contributed by atoms with Crippen LogP contribution < -0.4 is 14.4 Å². The van der Waals surface area contributed by atoms with E-state index < -0.39 is 45.2 Å². The number of pyridine rings is 1. The summed E-state index contributed by atoms with van der Waals surface area (Å²) in [5.41, 5.74) is -0.938. The second-order valence-electron chi connectivity index (χ2n) is 9.25. The van der Waals surface area contributed by atoms with Crippen LogP contribution in [0.3, 0.4) is 0 Å². The number of halogens is 5. The highest BCUT2D eigenvalue weighted by Crippen LogP contribution is 2.53. The maximum absolute atomic E-state index is 13.2. The van der Waals surface area contributed by atoms with E-state index in [4.69, 9.17) is 0 Å². The molecule has 2 unspecified atom stereocenters. The third-order valence-corrected chi connectivity index (χ3v) is 8.58. The molecule has 5 rings (SSSR count). The normalized spacial score (nSPS) is 23.2. The maximum atomic E-state index is 13.2. The fourth-order valence-electron chi connectivity index (χ4n) is 4.82.